The fourth-order valence-electron chi connectivity index (χ4n) is 6.31. The van der Waals surface area contributed by atoms with Crippen molar-refractivity contribution in [2.45, 2.75) is 0 Å². The van der Waals surface area contributed by atoms with Gasteiger partial charge in [0.1, 0.15) is 11.4 Å². The van der Waals surface area contributed by atoms with E-state index in [0.29, 0.717) is 16.7 Å². The lowest BCUT2D eigenvalue weighted by Crippen LogP contribution is -2.22. The minimum Gasteiger partial charge on any atom is -0.454 e. The largest absolute Gasteiger partial charge is 0.454 e. The highest BCUT2D eigenvalue weighted by molar-refractivity contribution is 6.21. The van der Waals surface area contributed by atoms with Crippen LogP contribution in [-0.2, 0) is 0 Å². The van der Waals surface area contributed by atoms with Gasteiger partial charge in [0, 0.05) is 33.3 Å². The van der Waals surface area contributed by atoms with E-state index < -0.39 is 0 Å². The molecule has 4 heterocycles. The normalized spacial score (nSPS) is 11.8. The zero-order chi connectivity index (χ0) is 28.5. The van der Waals surface area contributed by atoms with E-state index in [1.54, 1.807) is 10.8 Å². The summed E-state index contributed by atoms with van der Waals surface area (Å²) in [6, 6.07) is 39.9. The Morgan fingerprint density at radius 1 is 0.581 bits per heavy atom. The number of pyridine rings is 1. The first kappa shape index (κ1) is 23.7. The molecule has 43 heavy (non-hydrogen) atoms. The van der Waals surface area contributed by atoms with Crippen LogP contribution in [0, 0.1) is 0 Å². The van der Waals surface area contributed by atoms with Crippen LogP contribution in [0.2, 0.25) is 0 Å². The van der Waals surface area contributed by atoms with Crippen molar-refractivity contribution in [2.75, 3.05) is 0 Å². The predicted molar refractivity (Wildman–Crippen MR) is 172 cm³/mol. The van der Waals surface area contributed by atoms with Gasteiger partial charge in [-0.3, -0.25) is 14.3 Å². The number of fused-ring (bicyclic) bond motifs is 8. The average molecular weight is 555 g/mol. The molecule has 6 nitrogen and oxygen atoms in total. The van der Waals surface area contributed by atoms with Crippen LogP contribution in [0.3, 0.4) is 0 Å². The number of hydrogen-bond acceptors (Lipinski definition) is 4. The fourth-order valence-corrected chi connectivity index (χ4v) is 6.31. The van der Waals surface area contributed by atoms with E-state index in [4.69, 9.17) is 14.4 Å². The monoisotopic (exact) mass is 554 g/mol. The van der Waals surface area contributed by atoms with E-state index in [0.717, 1.165) is 60.7 Å². The summed E-state index contributed by atoms with van der Waals surface area (Å²) in [7, 11) is 0. The molecule has 0 bridgehead atoms. The first-order valence-electron chi connectivity index (χ1n) is 14.1. The van der Waals surface area contributed by atoms with Gasteiger partial charge in [-0.1, -0.05) is 72.8 Å². The zero-order valence-corrected chi connectivity index (χ0v) is 22.8. The van der Waals surface area contributed by atoms with Crippen LogP contribution in [0.1, 0.15) is 0 Å². The van der Waals surface area contributed by atoms with Gasteiger partial charge in [-0.15, -0.1) is 0 Å². The van der Waals surface area contributed by atoms with E-state index in [1.165, 1.54) is 0 Å². The lowest BCUT2D eigenvalue weighted by Gasteiger charge is -2.15. The Balaban J connectivity index is 1.37. The third kappa shape index (κ3) is 3.44. The highest BCUT2D eigenvalue weighted by Crippen LogP contribution is 2.40. The lowest BCUT2D eigenvalue weighted by atomic mass is 10.1. The first-order valence-corrected chi connectivity index (χ1v) is 14.1. The minimum absolute atomic E-state index is 0.127. The number of para-hydroxylation sites is 4. The topological polar surface area (TPSA) is 65.8 Å². The van der Waals surface area contributed by atoms with Crippen molar-refractivity contribution >= 4 is 54.6 Å². The Bertz CT molecular complexity index is 2590. The minimum atomic E-state index is -0.127. The molecule has 0 unspecified atom stereocenters. The maximum Gasteiger partial charge on any atom is 0.266 e. The molecule has 0 aliphatic carbocycles. The van der Waals surface area contributed by atoms with Gasteiger partial charge in [0.25, 0.3) is 5.56 Å². The van der Waals surface area contributed by atoms with Gasteiger partial charge < -0.3 is 8.98 Å². The van der Waals surface area contributed by atoms with Crippen molar-refractivity contribution in [1.29, 1.82) is 0 Å². The van der Waals surface area contributed by atoms with Gasteiger partial charge in [0.15, 0.2) is 5.58 Å². The first-order chi connectivity index (χ1) is 21.3. The molecule has 0 aliphatic heterocycles. The van der Waals surface area contributed by atoms with Gasteiger partial charge in [0.2, 0.25) is 0 Å². The Hall–Kier alpha value is -6.01. The molecule has 0 N–H and O–H groups in total. The Labute approximate surface area is 244 Å². The number of hydrogen-bond donors (Lipinski definition) is 0. The van der Waals surface area contributed by atoms with Crippen LogP contribution in [0.15, 0.2) is 143 Å². The number of furan rings is 1. The summed E-state index contributed by atoms with van der Waals surface area (Å²) in [6.07, 6.45) is 3.62. The van der Waals surface area contributed by atoms with Crippen molar-refractivity contribution < 1.29 is 4.42 Å². The quantitative estimate of drug-likeness (QED) is 0.220. The standard InChI is InChI=1S/C37H22N4O2/c42-37-30-14-4-7-15-31(30)39-36(41(37)24-10-2-1-3-11-24)23-20-25(22-38-21-23)40-32-16-8-5-12-26(32)28-18-19-29-27-13-6-9-17-33(27)43-35(29)34(28)40/h1-22H. The molecule has 0 saturated heterocycles. The molecular weight excluding hydrogens is 532 g/mol. The van der Waals surface area contributed by atoms with Crippen LogP contribution in [-0.4, -0.2) is 19.1 Å². The third-order valence-electron chi connectivity index (χ3n) is 8.21. The average Bonchev–Trinajstić information content (AvgIpc) is 3.61. The van der Waals surface area contributed by atoms with Gasteiger partial charge in [-0.05, 0) is 48.5 Å². The summed E-state index contributed by atoms with van der Waals surface area (Å²) >= 11 is 0. The number of nitrogens with zero attached hydrogens (tertiary/aromatic N) is 4. The molecule has 0 amide bonds. The summed E-state index contributed by atoms with van der Waals surface area (Å²) < 4.78 is 10.4. The van der Waals surface area contributed by atoms with E-state index in [2.05, 4.69) is 47.0 Å². The zero-order valence-electron chi connectivity index (χ0n) is 22.8. The van der Waals surface area contributed by atoms with E-state index in [-0.39, 0.29) is 5.56 Å². The van der Waals surface area contributed by atoms with E-state index in [1.807, 2.05) is 85.1 Å². The number of rotatable bonds is 3. The Kier molecular flexibility index (Phi) is 4.95. The predicted octanol–water partition coefficient (Wildman–Crippen LogP) is 8.44. The second-order valence-electron chi connectivity index (χ2n) is 10.6. The molecule has 5 aromatic carbocycles. The van der Waals surface area contributed by atoms with Crippen molar-refractivity contribution in [1.82, 2.24) is 19.1 Å². The summed E-state index contributed by atoms with van der Waals surface area (Å²) in [6.45, 7) is 0. The molecule has 0 radical (unpaired) electrons. The SMILES string of the molecule is O=c1c2ccccc2nc(-c2cncc(-n3c4ccccc4c4ccc5c6ccccc6oc5c43)c2)n1-c1ccccc1. The summed E-state index contributed by atoms with van der Waals surface area (Å²) in [4.78, 5) is 23.6. The van der Waals surface area contributed by atoms with Gasteiger partial charge in [-0.2, -0.15) is 0 Å². The number of aromatic nitrogens is 4. The molecule has 0 aliphatic rings. The van der Waals surface area contributed by atoms with Crippen molar-refractivity contribution in [3.05, 3.63) is 144 Å². The van der Waals surface area contributed by atoms with E-state index in [9.17, 15) is 4.79 Å². The van der Waals surface area contributed by atoms with Crippen LogP contribution in [0.4, 0.5) is 0 Å². The molecule has 6 heteroatoms. The molecule has 9 rings (SSSR count). The highest BCUT2D eigenvalue weighted by atomic mass is 16.3. The smallest absolute Gasteiger partial charge is 0.266 e. The second kappa shape index (κ2) is 8.99. The maximum absolute atomic E-state index is 13.9. The van der Waals surface area contributed by atoms with Gasteiger partial charge in [-0.25, -0.2) is 4.98 Å². The molecule has 0 atom stereocenters. The third-order valence-corrected chi connectivity index (χ3v) is 8.21. The van der Waals surface area contributed by atoms with Gasteiger partial charge >= 0.3 is 0 Å². The van der Waals surface area contributed by atoms with Crippen molar-refractivity contribution in [3.8, 4) is 22.8 Å². The fraction of sp³-hybridized carbons (Fsp3) is 0. The summed E-state index contributed by atoms with van der Waals surface area (Å²) in [5, 5.41) is 4.92. The molecule has 0 saturated carbocycles. The molecule has 9 aromatic rings. The van der Waals surface area contributed by atoms with Crippen molar-refractivity contribution in [3.63, 3.8) is 0 Å². The highest BCUT2D eigenvalue weighted by Gasteiger charge is 2.20. The Morgan fingerprint density at radius 2 is 1.30 bits per heavy atom. The molecule has 4 aromatic heterocycles. The molecule has 0 spiro atoms. The van der Waals surface area contributed by atoms with Gasteiger partial charge in [0.05, 0.1) is 39.5 Å². The number of benzene rings is 5. The molecular formula is C37H22N4O2. The lowest BCUT2D eigenvalue weighted by molar-refractivity contribution is 0.671. The van der Waals surface area contributed by atoms with E-state index >= 15 is 0 Å². The van der Waals surface area contributed by atoms with Crippen LogP contribution in [0.25, 0.3) is 77.4 Å². The molecule has 0 fully saturated rings. The molecule has 202 valence electrons. The second-order valence-corrected chi connectivity index (χ2v) is 10.6. The van der Waals surface area contributed by atoms with Crippen LogP contribution < -0.4 is 5.56 Å². The van der Waals surface area contributed by atoms with Crippen molar-refractivity contribution in [2.24, 2.45) is 0 Å². The maximum atomic E-state index is 13.9. The van der Waals surface area contributed by atoms with Crippen LogP contribution in [0.5, 0.6) is 0 Å². The summed E-state index contributed by atoms with van der Waals surface area (Å²) in [5.41, 5.74) is 6.51. The summed E-state index contributed by atoms with van der Waals surface area (Å²) in [5.74, 6) is 0.527. The van der Waals surface area contributed by atoms with Crippen LogP contribution >= 0.6 is 0 Å². The Morgan fingerprint density at radius 3 is 2.19 bits per heavy atom.